The number of fused-ring (bicyclic) bond motifs is 2. The zero-order valence-electron chi connectivity index (χ0n) is 11.5. The Morgan fingerprint density at radius 3 is 1.61 bits per heavy atom. The molecule has 2 aliphatic carbocycles. The fraction of sp³-hybridized carbons (Fsp3) is 0.647. The highest BCUT2D eigenvalue weighted by Crippen LogP contribution is 2.29. The molecular weight excluding hydrogens is 218 g/mol. The molecule has 1 nitrogen and oxygen atoms in total. The molecule has 1 aromatic carbocycles. The Morgan fingerprint density at radius 1 is 0.778 bits per heavy atom. The van der Waals surface area contributed by atoms with Crippen LogP contribution in [0.5, 0.6) is 0 Å². The molecule has 0 saturated heterocycles. The number of aryl methyl sites for hydroxylation is 4. The van der Waals surface area contributed by atoms with Crippen LogP contribution < -0.4 is 5.73 Å². The van der Waals surface area contributed by atoms with E-state index in [1.807, 2.05) is 0 Å². The van der Waals surface area contributed by atoms with Crippen molar-refractivity contribution in [1.29, 1.82) is 0 Å². The van der Waals surface area contributed by atoms with Crippen molar-refractivity contribution in [2.45, 2.75) is 64.3 Å². The number of hydrogen-bond donors (Lipinski definition) is 1. The second kappa shape index (κ2) is 5.05. The van der Waals surface area contributed by atoms with Gasteiger partial charge < -0.3 is 5.73 Å². The van der Waals surface area contributed by atoms with Gasteiger partial charge in [-0.05, 0) is 79.5 Å². The lowest BCUT2D eigenvalue weighted by Crippen LogP contribution is -2.19. The van der Waals surface area contributed by atoms with Crippen molar-refractivity contribution >= 4 is 0 Å². The van der Waals surface area contributed by atoms with Gasteiger partial charge in [0.05, 0.1) is 0 Å². The van der Waals surface area contributed by atoms with Crippen LogP contribution in [0.1, 0.15) is 54.9 Å². The van der Waals surface area contributed by atoms with Crippen LogP contribution in [0, 0.1) is 5.92 Å². The summed E-state index contributed by atoms with van der Waals surface area (Å²) in [7, 11) is 0. The van der Waals surface area contributed by atoms with Gasteiger partial charge in [0.15, 0.2) is 0 Å². The van der Waals surface area contributed by atoms with Gasteiger partial charge in [-0.2, -0.15) is 0 Å². The van der Waals surface area contributed by atoms with E-state index < -0.39 is 0 Å². The maximum atomic E-state index is 6.11. The molecule has 0 radical (unpaired) electrons. The van der Waals surface area contributed by atoms with E-state index in [0.717, 1.165) is 5.92 Å². The summed E-state index contributed by atoms with van der Waals surface area (Å²) in [4.78, 5) is 0. The number of nitrogens with two attached hydrogens (primary N) is 1. The largest absolute Gasteiger partial charge is 0.328 e. The van der Waals surface area contributed by atoms with E-state index in [9.17, 15) is 0 Å². The minimum Gasteiger partial charge on any atom is -0.328 e. The van der Waals surface area contributed by atoms with E-state index in [4.69, 9.17) is 5.73 Å². The lowest BCUT2D eigenvalue weighted by atomic mass is 9.93. The van der Waals surface area contributed by atoms with Crippen LogP contribution in [-0.4, -0.2) is 6.04 Å². The van der Waals surface area contributed by atoms with Crippen molar-refractivity contribution in [3.8, 4) is 0 Å². The van der Waals surface area contributed by atoms with E-state index in [0.29, 0.717) is 6.04 Å². The smallest absolute Gasteiger partial charge is 0.00451 e. The van der Waals surface area contributed by atoms with Gasteiger partial charge in [0.1, 0.15) is 0 Å². The minimum atomic E-state index is 0.414. The SMILES string of the molecule is CC1CCc2cc3c(cc2CC1)CCC(N)CC3. The van der Waals surface area contributed by atoms with Crippen molar-refractivity contribution in [2.75, 3.05) is 0 Å². The molecule has 0 heterocycles. The third-order valence-electron chi connectivity index (χ3n) is 4.90. The zero-order valence-corrected chi connectivity index (χ0v) is 11.5. The molecule has 1 heteroatoms. The van der Waals surface area contributed by atoms with Crippen LogP contribution in [-0.2, 0) is 25.7 Å². The molecule has 0 amide bonds. The van der Waals surface area contributed by atoms with Crippen LogP contribution >= 0.6 is 0 Å². The first-order valence-corrected chi connectivity index (χ1v) is 7.61. The molecule has 0 saturated carbocycles. The topological polar surface area (TPSA) is 26.0 Å². The highest BCUT2D eigenvalue weighted by molar-refractivity contribution is 5.40. The van der Waals surface area contributed by atoms with Gasteiger partial charge >= 0.3 is 0 Å². The Balaban J connectivity index is 1.92. The lowest BCUT2D eigenvalue weighted by molar-refractivity contribution is 0.510. The minimum absolute atomic E-state index is 0.414. The molecule has 2 N–H and O–H groups in total. The van der Waals surface area contributed by atoms with Gasteiger partial charge in [-0.1, -0.05) is 19.1 Å². The molecule has 0 spiro atoms. The molecule has 18 heavy (non-hydrogen) atoms. The highest BCUT2D eigenvalue weighted by Gasteiger charge is 2.18. The molecule has 2 aliphatic rings. The standard InChI is InChI=1S/C17H25N/c1-12-2-4-13-10-15-6-8-17(18)9-7-16(15)11-14(13)5-3-12/h10-12,17H,2-9,18H2,1H3. The summed E-state index contributed by atoms with van der Waals surface area (Å²) in [5, 5.41) is 0. The summed E-state index contributed by atoms with van der Waals surface area (Å²) >= 11 is 0. The van der Waals surface area contributed by atoms with Gasteiger partial charge in [-0.15, -0.1) is 0 Å². The second-order valence-corrected chi connectivity index (χ2v) is 6.41. The van der Waals surface area contributed by atoms with E-state index in [1.54, 1.807) is 22.3 Å². The summed E-state index contributed by atoms with van der Waals surface area (Å²) in [6, 6.07) is 5.44. The molecular formula is C17H25N. The van der Waals surface area contributed by atoms with E-state index in [1.165, 1.54) is 51.4 Å². The molecule has 0 unspecified atom stereocenters. The van der Waals surface area contributed by atoms with Gasteiger partial charge in [-0.3, -0.25) is 0 Å². The Labute approximate surface area is 111 Å². The summed E-state index contributed by atoms with van der Waals surface area (Å²) in [5.74, 6) is 0.894. The van der Waals surface area contributed by atoms with E-state index >= 15 is 0 Å². The van der Waals surface area contributed by atoms with Crippen molar-refractivity contribution < 1.29 is 0 Å². The zero-order chi connectivity index (χ0) is 12.5. The number of hydrogen-bond acceptors (Lipinski definition) is 1. The predicted octanol–water partition coefficient (Wildman–Crippen LogP) is 3.41. The second-order valence-electron chi connectivity index (χ2n) is 6.41. The monoisotopic (exact) mass is 243 g/mol. The Kier molecular flexibility index (Phi) is 3.43. The molecule has 1 aromatic rings. The van der Waals surface area contributed by atoms with Crippen LogP contribution in [0.3, 0.4) is 0 Å². The van der Waals surface area contributed by atoms with Crippen molar-refractivity contribution in [3.05, 3.63) is 34.4 Å². The predicted molar refractivity (Wildman–Crippen MR) is 76.9 cm³/mol. The molecule has 0 atom stereocenters. The molecule has 3 rings (SSSR count). The normalized spacial score (nSPS) is 21.9. The van der Waals surface area contributed by atoms with E-state index in [2.05, 4.69) is 19.1 Å². The van der Waals surface area contributed by atoms with Crippen LogP contribution in [0.2, 0.25) is 0 Å². The van der Waals surface area contributed by atoms with Crippen LogP contribution in [0.15, 0.2) is 12.1 Å². The van der Waals surface area contributed by atoms with Crippen molar-refractivity contribution in [1.82, 2.24) is 0 Å². The van der Waals surface area contributed by atoms with Crippen molar-refractivity contribution in [3.63, 3.8) is 0 Å². The number of rotatable bonds is 0. The summed E-state index contributed by atoms with van der Waals surface area (Å²) in [6.07, 6.45) is 10.0. The lowest BCUT2D eigenvalue weighted by Gasteiger charge is -2.12. The quantitative estimate of drug-likeness (QED) is 0.694. The number of benzene rings is 1. The summed E-state index contributed by atoms with van der Waals surface area (Å²) in [6.45, 7) is 2.40. The van der Waals surface area contributed by atoms with Crippen molar-refractivity contribution in [2.24, 2.45) is 11.7 Å². The first-order chi connectivity index (χ1) is 8.72. The highest BCUT2D eigenvalue weighted by atomic mass is 14.6. The molecule has 0 bridgehead atoms. The fourth-order valence-corrected chi connectivity index (χ4v) is 3.50. The van der Waals surface area contributed by atoms with Gasteiger partial charge in [0, 0.05) is 6.04 Å². The Hall–Kier alpha value is -0.820. The third-order valence-corrected chi connectivity index (χ3v) is 4.90. The maximum absolute atomic E-state index is 6.11. The van der Waals surface area contributed by atoms with Crippen LogP contribution in [0.25, 0.3) is 0 Å². The summed E-state index contributed by atoms with van der Waals surface area (Å²) in [5.41, 5.74) is 12.6. The maximum Gasteiger partial charge on any atom is 0.00451 e. The van der Waals surface area contributed by atoms with Gasteiger partial charge in [0.25, 0.3) is 0 Å². The average Bonchev–Trinajstić information content (AvgIpc) is 2.66. The van der Waals surface area contributed by atoms with Crippen LogP contribution in [0.4, 0.5) is 0 Å². The summed E-state index contributed by atoms with van der Waals surface area (Å²) < 4.78 is 0. The first kappa shape index (κ1) is 12.2. The fourth-order valence-electron chi connectivity index (χ4n) is 3.50. The van der Waals surface area contributed by atoms with Gasteiger partial charge in [0.2, 0.25) is 0 Å². The molecule has 98 valence electrons. The average molecular weight is 243 g/mol. The van der Waals surface area contributed by atoms with Gasteiger partial charge in [-0.25, -0.2) is 0 Å². The molecule has 0 aromatic heterocycles. The first-order valence-electron chi connectivity index (χ1n) is 7.61. The Bertz CT molecular complexity index is 359. The molecule has 0 aliphatic heterocycles. The Morgan fingerprint density at radius 2 is 1.17 bits per heavy atom. The third kappa shape index (κ3) is 2.47. The van der Waals surface area contributed by atoms with E-state index in [-0.39, 0.29) is 0 Å². The molecule has 0 fully saturated rings.